The zero-order valence-electron chi connectivity index (χ0n) is 10.0. The topological polar surface area (TPSA) is 26.0 Å². The molecular formula is C13H20FNS. The zero-order chi connectivity index (χ0) is 12.0. The monoisotopic (exact) mass is 241 g/mol. The quantitative estimate of drug-likeness (QED) is 0.772. The molecule has 0 bridgehead atoms. The maximum absolute atomic E-state index is 13.6. The molecule has 0 saturated heterocycles. The molecule has 1 aromatic carbocycles. The first-order valence-electron chi connectivity index (χ1n) is 5.75. The van der Waals surface area contributed by atoms with E-state index >= 15 is 0 Å². The molecule has 0 radical (unpaired) electrons. The Morgan fingerprint density at radius 2 is 2.12 bits per heavy atom. The second-order valence-electron chi connectivity index (χ2n) is 4.30. The highest BCUT2D eigenvalue weighted by atomic mass is 32.2. The molecule has 0 unspecified atom stereocenters. The van der Waals surface area contributed by atoms with Crippen LogP contribution in [0.4, 0.5) is 4.39 Å². The maximum atomic E-state index is 13.6. The molecule has 2 N–H and O–H groups in total. The highest BCUT2D eigenvalue weighted by Gasteiger charge is 2.08. The molecule has 1 nitrogen and oxygen atoms in total. The molecule has 1 rings (SSSR count). The van der Waals surface area contributed by atoms with Crippen molar-refractivity contribution in [2.45, 2.75) is 31.6 Å². The highest BCUT2D eigenvalue weighted by Crippen LogP contribution is 2.27. The fourth-order valence-corrected chi connectivity index (χ4v) is 2.82. The molecule has 0 aromatic heterocycles. The number of rotatable bonds is 6. The van der Waals surface area contributed by atoms with E-state index in [0.717, 1.165) is 29.1 Å². The van der Waals surface area contributed by atoms with Gasteiger partial charge in [-0.1, -0.05) is 26.0 Å². The highest BCUT2D eigenvalue weighted by molar-refractivity contribution is 7.99. The summed E-state index contributed by atoms with van der Waals surface area (Å²) in [5.41, 5.74) is 6.56. The Hall–Kier alpha value is -0.540. The largest absolute Gasteiger partial charge is 0.330 e. The van der Waals surface area contributed by atoms with Gasteiger partial charge in [0.2, 0.25) is 0 Å². The minimum atomic E-state index is -0.111. The van der Waals surface area contributed by atoms with Gasteiger partial charge in [-0.2, -0.15) is 0 Å². The van der Waals surface area contributed by atoms with Crippen molar-refractivity contribution in [3.05, 3.63) is 29.6 Å². The van der Waals surface area contributed by atoms with E-state index in [2.05, 4.69) is 13.8 Å². The van der Waals surface area contributed by atoms with Crippen molar-refractivity contribution in [1.29, 1.82) is 0 Å². The number of hydrogen-bond donors (Lipinski definition) is 1. The van der Waals surface area contributed by atoms with Gasteiger partial charge in [0.15, 0.2) is 0 Å². The Labute approximate surface area is 102 Å². The van der Waals surface area contributed by atoms with Crippen molar-refractivity contribution in [2.75, 3.05) is 12.3 Å². The third-order valence-corrected chi connectivity index (χ3v) is 3.59. The molecule has 0 aliphatic carbocycles. The van der Waals surface area contributed by atoms with Crippen molar-refractivity contribution in [2.24, 2.45) is 11.7 Å². The molecule has 3 heteroatoms. The van der Waals surface area contributed by atoms with Crippen LogP contribution < -0.4 is 5.73 Å². The van der Waals surface area contributed by atoms with E-state index in [1.165, 1.54) is 6.07 Å². The second kappa shape index (κ2) is 6.92. The van der Waals surface area contributed by atoms with Crippen LogP contribution in [0.3, 0.4) is 0 Å². The lowest BCUT2D eigenvalue weighted by atomic mass is 10.1. The van der Waals surface area contributed by atoms with Gasteiger partial charge in [0, 0.05) is 4.90 Å². The Morgan fingerprint density at radius 3 is 2.75 bits per heavy atom. The van der Waals surface area contributed by atoms with Gasteiger partial charge in [-0.25, -0.2) is 4.39 Å². The molecular weight excluding hydrogens is 221 g/mol. The van der Waals surface area contributed by atoms with Gasteiger partial charge in [-0.3, -0.25) is 0 Å². The van der Waals surface area contributed by atoms with Crippen molar-refractivity contribution < 1.29 is 4.39 Å². The second-order valence-corrected chi connectivity index (χ2v) is 5.40. The summed E-state index contributed by atoms with van der Waals surface area (Å²) in [6.45, 7) is 4.94. The van der Waals surface area contributed by atoms with E-state index in [-0.39, 0.29) is 5.82 Å². The number of halogens is 1. The summed E-state index contributed by atoms with van der Waals surface area (Å²) in [5.74, 6) is 1.52. The van der Waals surface area contributed by atoms with Crippen molar-refractivity contribution >= 4 is 11.8 Å². The Balaban J connectivity index is 2.68. The lowest BCUT2D eigenvalue weighted by Crippen LogP contribution is -2.04. The standard InChI is InChI=1S/C13H20FNS/c1-10(2)7-9-16-13-11(6-8-15)4-3-5-12(13)14/h3-5,10H,6-9,15H2,1-2H3. The Bertz CT molecular complexity index is 326. The third kappa shape index (κ3) is 4.14. The smallest absolute Gasteiger partial charge is 0.137 e. The number of hydrogen-bond acceptors (Lipinski definition) is 2. The van der Waals surface area contributed by atoms with Gasteiger partial charge >= 0.3 is 0 Å². The van der Waals surface area contributed by atoms with Crippen LogP contribution in [0.5, 0.6) is 0 Å². The number of nitrogens with two attached hydrogens (primary N) is 1. The average Bonchev–Trinajstić information content (AvgIpc) is 2.22. The van der Waals surface area contributed by atoms with Crippen LogP contribution in [-0.2, 0) is 6.42 Å². The first kappa shape index (κ1) is 13.5. The summed E-state index contributed by atoms with van der Waals surface area (Å²) in [5, 5.41) is 0. The maximum Gasteiger partial charge on any atom is 0.137 e. The van der Waals surface area contributed by atoms with Gasteiger partial charge in [0.25, 0.3) is 0 Å². The fraction of sp³-hybridized carbons (Fsp3) is 0.538. The van der Waals surface area contributed by atoms with Gasteiger partial charge in [-0.05, 0) is 42.7 Å². The first-order valence-corrected chi connectivity index (χ1v) is 6.74. The minimum Gasteiger partial charge on any atom is -0.330 e. The molecule has 0 heterocycles. The van der Waals surface area contributed by atoms with E-state index in [1.807, 2.05) is 6.07 Å². The SMILES string of the molecule is CC(C)CCSc1c(F)cccc1CCN. The molecule has 90 valence electrons. The van der Waals surface area contributed by atoms with E-state index < -0.39 is 0 Å². The van der Waals surface area contributed by atoms with Crippen molar-refractivity contribution in [1.82, 2.24) is 0 Å². The zero-order valence-corrected chi connectivity index (χ0v) is 10.8. The van der Waals surface area contributed by atoms with E-state index in [9.17, 15) is 4.39 Å². The molecule has 0 spiro atoms. The molecule has 0 fully saturated rings. The molecule has 0 atom stereocenters. The van der Waals surface area contributed by atoms with Crippen LogP contribution in [0.2, 0.25) is 0 Å². The molecule has 1 aromatic rings. The van der Waals surface area contributed by atoms with Crippen LogP contribution in [-0.4, -0.2) is 12.3 Å². The van der Waals surface area contributed by atoms with Crippen LogP contribution in [0.25, 0.3) is 0 Å². The summed E-state index contributed by atoms with van der Waals surface area (Å²) in [7, 11) is 0. The number of benzene rings is 1. The summed E-state index contributed by atoms with van der Waals surface area (Å²) >= 11 is 1.61. The van der Waals surface area contributed by atoms with Gasteiger partial charge in [-0.15, -0.1) is 11.8 Å². The van der Waals surface area contributed by atoms with E-state index in [4.69, 9.17) is 5.73 Å². The minimum absolute atomic E-state index is 0.111. The van der Waals surface area contributed by atoms with Crippen LogP contribution >= 0.6 is 11.8 Å². The predicted octanol–water partition coefficient (Wildman–Crippen LogP) is 3.47. The Morgan fingerprint density at radius 1 is 1.38 bits per heavy atom. The van der Waals surface area contributed by atoms with Crippen LogP contribution in [0.15, 0.2) is 23.1 Å². The number of thioether (sulfide) groups is 1. The van der Waals surface area contributed by atoms with E-state index in [1.54, 1.807) is 17.8 Å². The van der Waals surface area contributed by atoms with E-state index in [0.29, 0.717) is 12.5 Å². The molecule has 16 heavy (non-hydrogen) atoms. The first-order chi connectivity index (χ1) is 7.65. The normalized spacial score (nSPS) is 11.1. The summed E-state index contributed by atoms with van der Waals surface area (Å²) in [6.07, 6.45) is 1.86. The lowest BCUT2D eigenvalue weighted by Gasteiger charge is -2.10. The molecule has 0 amide bonds. The van der Waals surface area contributed by atoms with Gasteiger partial charge < -0.3 is 5.73 Å². The van der Waals surface area contributed by atoms with Crippen molar-refractivity contribution in [3.63, 3.8) is 0 Å². The van der Waals surface area contributed by atoms with Gasteiger partial charge in [0.1, 0.15) is 5.82 Å². The molecule has 0 saturated carbocycles. The lowest BCUT2D eigenvalue weighted by molar-refractivity contribution is 0.595. The van der Waals surface area contributed by atoms with Crippen LogP contribution in [0, 0.1) is 11.7 Å². The summed E-state index contributed by atoms with van der Waals surface area (Å²) in [4.78, 5) is 0.786. The average molecular weight is 241 g/mol. The predicted molar refractivity (Wildman–Crippen MR) is 69.3 cm³/mol. The Kier molecular flexibility index (Phi) is 5.85. The van der Waals surface area contributed by atoms with Crippen molar-refractivity contribution in [3.8, 4) is 0 Å². The molecule has 0 aliphatic rings. The fourth-order valence-electron chi connectivity index (χ4n) is 1.46. The molecule has 0 aliphatic heterocycles. The third-order valence-electron chi connectivity index (χ3n) is 2.40. The van der Waals surface area contributed by atoms with Gasteiger partial charge in [0.05, 0.1) is 0 Å². The summed E-state index contributed by atoms with van der Waals surface area (Å²) in [6, 6.07) is 5.25. The summed E-state index contributed by atoms with van der Waals surface area (Å²) < 4.78 is 13.6. The van der Waals surface area contributed by atoms with Crippen LogP contribution in [0.1, 0.15) is 25.8 Å².